The van der Waals surface area contributed by atoms with Crippen molar-refractivity contribution < 1.29 is 50.6 Å². The highest BCUT2D eigenvalue weighted by atomic mass is 19.1. The van der Waals surface area contributed by atoms with Gasteiger partial charge in [0.05, 0.1) is 6.61 Å². The molecular formula is C64H68F6N8O5. The SMILES string of the molecule is CN(C)C(=O)N1CC(c2cc(F)ccc2F)=CC1(C=O)c1ccccc1.CN(C)C(=O)N1CC(c2cc(F)ccc2F)=CC1(CO)c1ccccc1.CN(C)CCNCC1(c2ccccc2)C=C(c2cc(F)ccc2F)CN1C(=O)N(C)C. The molecule has 19 heteroatoms. The predicted molar refractivity (Wildman–Crippen MR) is 309 cm³/mol. The van der Waals surface area contributed by atoms with Gasteiger partial charge in [0.2, 0.25) is 0 Å². The number of aldehydes is 1. The molecule has 83 heavy (non-hydrogen) atoms. The Labute approximate surface area is 480 Å². The van der Waals surface area contributed by atoms with Gasteiger partial charge in [0, 0.05) is 98.2 Å². The highest BCUT2D eigenvalue weighted by Gasteiger charge is 2.48. The van der Waals surface area contributed by atoms with Gasteiger partial charge in [-0.2, -0.15) is 0 Å². The smallest absolute Gasteiger partial charge is 0.321 e. The van der Waals surface area contributed by atoms with Crippen LogP contribution in [0.3, 0.4) is 0 Å². The molecule has 6 aromatic rings. The van der Waals surface area contributed by atoms with Gasteiger partial charge in [0.1, 0.15) is 51.5 Å². The van der Waals surface area contributed by atoms with E-state index in [-0.39, 0.29) is 55.0 Å². The Balaban J connectivity index is 0.000000180. The maximum Gasteiger partial charge on any atom is 0.321 e. The molecule has 6 aromatic carbocycles. The number of carbonyl (C=O) groups excluding carboxylic acids is 4. The van der Waals surface area contributed by atoms with Crippen molar-refractivity contribution in [1.29, 1.82) is 0 Å². The zero-order valence-electron chi connectivity index (χ0n) is 47.6. The molecule has 0 aromatic heterocycles. The second kappa shape index (κ2) is 26.6. The number of likely N-dealkylation sites (N-methyl/N-ethyl adjacent to an activating group) is 1. The van der Waals surface area contributed by atoms with Crippen LogP contribution in [0.4, 0.5) is 40.7 Å². The second-order valence-electron chi connectivity index (χ2n) is 21.2. The molecule has 3 aliphatic rings. The second-order valence-corrected chi connectivity index (χ2v) is 21.2. The minimum Gasteiger partial charge on any atom is -0.393 e. The van der Waals surface area contributed by atoms with Crippen molar-refractivity contribution in [2.24, 2.45) is 0 Å². The van der Waals surface area contributed by atoms with Crippen LogP contribution in [-0.2, 0) is 21.4 Å². The van der Waals surface area contributed by atoms with Gasteiger partial charge in [-0.3, -0.25) is 4.79 Å². The molecular weight excluding hydrogens is 1070 g/mol. The molecule has 9 rings (SSSR count). The van der Waals surface area contributed by atoms with E-state index in [1.54, 1.807) is 108 Å². The Morgan fingerprint density at radius 2 is 0.843 bits per heavy atom. The van der Waals surface area contributed by atoms with E-state index in [2.05, 4.69) is 10.2 Å². The van der Waals surface area contributed by atoms with Crippen molar-refractivity contribution in [2.75, 3.05) is 102 Å². The molecule has 0 radical (unpaired) electrons. The Hall–Kier alpha value is -8.52. The summed E-state index contributed by atoms with van der Waals surface area (Å²) in [6, 6.07) is 36.4. The zero-order chi connectivity index (χ0) is 60.4. The van der Waals surface area contributed by atoms with Crippen molar-refractivity contribution in [2.45, 2.75) is 16.6 Å². The number of aliphatic hydroxyl groups is 1. The van der Waals surface area contributed by atoms with E-state index in [0.717, 1.165) is 67.2 Å². The van der Waals surface area contributed by atoms with Crippen LogP contribution in [-0.4, -0.2) is 166 Å². The van der Waals surface area contributed by atoms with Gasteiger partial charge in [-0.25, -0.2) is 40.7 Å². The minimum atomic E-state index is -1.38. The zero-order valence-corrected chi connectivity index (χ0v) is 47.6. The van der Waals surface area contributed by atoms with Crippen LogP contribution in [0.2, 0.25) is 0 Å². The normalized spacial score (nSPS) is 19.0. The summed E-state index contributed by atoms with van der Waals surface area (Å²) in [7, 11) is 13.7. The number of hydrogen-bond donors (Lipinski definition) is 2. The van der Waals surface area contributed by atoms with Crippen molar-refractivity contribution >= 4 is 41.1 Å². The Kier molecular flexibility index (Phi) is 19.9. The summed E-state index contributed by atoms with van der Waals surface area (Å²) in [6.45, 7) is 1.87. The lowest BCUT2D eigenvalue weighted by Crippen LogP contribution is -2.54. The van der Waals surface area contributed by atoms with Crippen LogP contribution in [0.15, 0.2) is 164 Å². The third-order valence-electron chi connectivity index (χ3n) is 14.6. The molecule has 0 saturated carbocycles. The minimum absolute atomic E-state index is 0.00891. The number of halogens is 6. The molecule has 3 aliphatic heterocycles. The van der Waals surface area contributed by atoms with Gasteiger partial charge >= 0.3 is 18.1 Å². The monoisotopic (exact) mass is 1140 g/mol. The summed E-state index contributed by atoms with van der Waals surface area (Å²) in [5.74, 6) is -3.34. The summed E-state index contributed by atoms with van der Waals surface area (Å²) in [5.41, 5.74) is 0.581. The van der Waals surface area contributed by atoms with E-state index in [1.807, 2.05) is 56.6 Å². The standard InChI is InChI=1S/C24H30F2N4O.C20H20F2N2O2.C20H18F2N2O2/c1-28(2)13-12-27-17-24(19-8-6-5-7-9-19)15-18(16-30(24)23(31)29(3)4)21-14-20(25)10-11-22(21)26;2*1-23(2)19(26)24-12-14(17-10-16(21)8-9-18(17)22)11-20(24,13-25)15-6-4-3-5-7-15/h5-11,14-15,27H,12-13,16-17H2,1-4H3;3-11,25H,12-13H2,1-2H3;3-11,13H,12H2,1-2H3. The van der Waals surface area contributed by atoms with Crippen molar-refractivity contribution in [1.82, 2.24) is 39.6 Å². The molecule has 0 aliphatic carbocycles. The number of amides is 6. The summed E-state index contributed by atoms with van der Waals surface area (Å²) < 4.78 is 84.4. The first-order valence-corrected chi connectivity index (χ1v) is 26.6. The molecule has 3 heterocycles. The van der Waals surface area contributed by atoms with Crippen molar-refractivity contribution in [3.05, 3.63) is 232 Å². The van der Waals surface area contributed by atoms with Gasteiger partial charge in [0.15, 0.2) is 6.29 Å². The van der Waals surface area contributed by atoms with Crippen LogP contribution >= 0.6 is 0 Å². The van der Waals surface area contributed by atoms with E-state index in [1.165, 1.54) is 36.6 Å². The lowest BCUT2D eigenvalue weighted by atomic mass is 9.88. The first-order chi connectivity index (χ1) is 39.5. The average Bonchev–Trinajstić information content (AvgIpc) is 2.29. The van der Waals surface area contributed by atoms with E-state index in [4.69, 9.17) is 0 Å². The molecule has 436 valence electrons. The van der Waals surface area contributed by atoms with Gasteiger partial charge in [-0.05, 0) is 120 Å². The molecule has 6 amide bonds. The molecule has 13 nitrogen and oxygen atoms in total. The summed E-state index contributed by atoms with van der Waals surface area (Å²) >= 11 is 0. The number of nitrogens with zero attached hydrogens (tertiary/aromatic N) is 7. The summed E-state index contributed by atoms with van der Waals surface area (Å²) in [5, 5.41) is 13.7. The van der Waals surface area contributed by atoms with Gasteiger partial charge in [-0.15, -0.1) is 0 Å². The molecule has 3 unspecified atom stereocenters. The molecule has 0 bridgehead atoms. The summed E-state index contributed by atoms with van der Waals surface area (Å²) in [6.07, 6.45) is 5.76. The summed E-state index contributed by atoms with van der Waals surface area (Å²) in [4.78, 5) is 61.7. The number of carbonyl (C=O) groups is 4. The largest absolute Gasteiger partial charge is 0.393 e. The van der Waals surface area contributed by atoms with E-state index >= 15 is 0 Å². The van der Waals surface area contributed by atoms with Crippen LogP contribution in [0, 0.1) is 34.9 Å². The van der Waals surface area contributed by atoms with Crippen molar-refractivity contribution in [3.63, 3.8) is 0 Å². The first kappa shape index (κ1) is 62.1. The predicted octanol–water partition coefficient (Wildman–Crippen LogP) is 10.1. The number of urea groups is 3. The number of aliphatic hydroxyl groups excluding tert-OH is 1. The van der Waals surface area contributed by atoms with Crippen LogP contribution in [0.25, 0.3) is 16.7 Å². The third-order valence-corrected chi connectivity index (χ3v) is 14.6. The molecule has 3 atom stereocenters. The fraction of sp³-hybridized carbons (Fsp3) is 0.281. The lowest BCUT2D eigenvalue weighted by Gasteiger charge is -2.40. The molecule has 0 spiro atoms. The maximum atomic E-state index is 14.6. The molecule has 0 saturated heterocycles. The third kappa shape index (κ3) is 13.4. The lowest BCUT2D eigenvalue weighted by molar-refractivity contribution is -0.114. The Morgan fingerprint density at radius 1 is 0.494 bits per heavy atom. The quantitative estimate of drug-likeness (QED) is 0.0671. The fourth-order valence-electron chi connectivity index (χ4n) is 10.4. The van der Waals surface area contributed by atoms with Crippen LogP contribution < -0.4 is 5.32 Å². The first-order valence-electron chi connectivity index (χ1n) is 26.6. The fourth-order valence-corrected chi connectivity index (χ4v) is 10.4. The number of hydrogen-bond acceptors (Lipinski definition) is 7. The van der Waals surface area contributed by atoms with Crippen LogP contribution in [0.1, 0.15) is 33.4 Å². The van der Waals surface area contributed by atoms with E-state index in [9.17, 15) is 50.6 Å². The Bertz CT molecular complexity index is 3380. The molecule has 2 N–H and O–H groups in total. The van der Waals surface area contributed by atoms with Crippen LogP contribution in [0.5, 0.6) is 0 Å². The van der Waals surface area contributed by atoms with E-state index in [0.29, 0.717) is 40.7 Å². The number of benzene rings is 6. The average molecular weight is 1140 g/mol. The number of rotatable bonds is 13. The Morgan fingerprint density at radius 3 is 1.23 bits per heavy atom. The van der Waals surface area contributed by atoms with E-state index < -0.39 is 57.6 Å². The van der Waals surface area contributed by atoms with Gasteiger partial charge in [-0.1, -0.05) is 91.0 Å². The maximum absolute atomic E-state index is 14.6. The molecule has 0 fully saturated rings. The van der Waals surface area contributed by atoms with Gasteiger partial charge in [0.25, 0.3) is 0 Å². The van der Waals surface area contributed by atoms with Gasteiger partial charge < -0.3 is 44.7 Å². The highest BCUT2D eigenvalue weighted by Crippen LogP contribution is 2.44. The topological polar surface area (TPSA) is 123 Å². The number of nitrogens with one attached hydrogen (secondary N) is 1. The van der Waals surface area contributed by atoms with Crippen molar-refractivity contribution in [3.8, 4) is 0 Å². The highest BCUT2D eigenvalue weighted by molar-refractivity contribution is 5.91.